The van der Waals surface area contributed by atoms with Crippen LogP contribution >= 0.6 is 0 Å². The topological polar surface area (TPSA) is 51.0 Å². The summed E-state index contributed by atoms with van der Waals surface area (Å²) in [6, 6.07) is 0. The number of hydrogen-bond acceptors (Lipinski definition) is 4. The molecule has 1 aromatic rings. The van der Waals surface area contributed by atoms with E-state index in [4.69, 9.17) is 4.52 Å². The van der Waals surface area contributed by atoms with E-state index in [1.54, 1.807) is 0 Å². The predicted molar refractivity (Wildman–Crippen MR) is 57.6 cm³/mol. The van der Waals surface area contributed by atoms with Crippen molar-refractivity contribution in [2.45, 2.75) is 39.0 Å². The molecule has 0 saturated carbocycles. The van der Waals surface area contributed by atoms with Crippen molar-refractivity contribution >= 4 is 0 Å². The van der Waals surface area contributed by atoms with E-state index in [1.807, 2.05) is 0 Å². The van der Waals surface area contributed by atoms with Crippen LogP contribution in [-0.2, 0) is 12.8 Å². The van der Waals surface area contributed by atoms with Crippen molar-refractivity contribution in [3.8, 4) is 0 Å². The van der Waals surface area contributed by atoms with Gasteiger partial charge in [-0.25, -0.2) is 0 Å². The maximum atomic E-state index is 5.24. The highest BCUT2D eigenvalue weighted by molar-refractivity contribution is 4.88. The van der Waals surface area contributed by atoms with Gasteiger partial charge in [0.05, 0.1) is 0 Å². The van der Waals surface area contributed by atoms with Gasteiger partial charge in [0, 0.05) is 12.8 Å². The predicted octanol–water partition coefficient (Wildman–Crippen LogP) is 1.56. The summed E-state index contributed by atoms with van der Waals surface area (Å²) >= 11 is 0. The zero-order valence-corrected chi connectivity index (χ0v) is 9.33. The third-order valence-electron chi connectivity index (χ3n) is 2.91. The first kappa shape index (κ1) is 10.6. The molecular weight excluding hydrogens is 190 g/mol. The number of aromatic nitrogens is 2. The van der Waals surface area contributed by atoms with Gasteiger partial charge >= 0.3 is 0 Å². The maximum absolute atomic E-state index is 5.24. The molecule has 2 heterocycles. The second kappa shape index (κ2) is 5.26. The van der Waals surface area contributed by atoms with Crippen molar-refractivity contribution in [1.29, 1.82) is 0 Å². The Kier molecular flexibility index (Phi) is 3.72. The molecule has 0 unspecified atom stereocenters. The largest absolute Gasteiger partial charge is 0.339 e. The fourth-order valence-electron chi connectivity index (χ4n) is 2.03. The number of nitrogens with one attached hydrogen (secondary N) is 1. The molecule has 0 atom stereocenters. The van der Waals surface area contributed by atoms with E-state index in [9.17, 15) is 0 Å². The van der Waals surface area contributed by atoms with Crippen molar-refractivity contribution in [2.24, 2.45) is 5.92 Å². The number of rotatable bonds is 4. The molecule has 84 valence electrons. The second-order valence-electron chi connectivity index (χ2n) is 4.25. The normalized spacial score (nSPS) is 18.2. The molecule has 2 rings (SSSR count). The fourth-order valence-corrected chi connectivity index (χ4v) is 2.03. The van der Waals surface area contributed by atoms with Crippen molar-refractivity contribution in [3.05, 3.63) is 11.7 Å². The Bertz CT molecular complexity index is 292. The smallest absolute Gasteiger partial charge is 0.226 e. The third kappa shape index (κ3) is 3.02. The summed E-state index contributed by atoms with van der Waals surface area (Å²) in [5.74, 6) is 2.41. The first-order chi connectivity index (χ1) is 7.38. The molecule has 0 aliphatic carbocycles. The number of hydrogen-bond donors (Lipinski definition) is 1. The SMILES string of the molecule is CCCc1noc(CC2CCNCC2)n1. The van der Waals surface area contributed by atoms with E-state index in [0.29, 0.717) is 0 Å². The molecule has 1 aliphatic rings. The van der Waals surface area contributed by atoms with Crippen molar-refractivity contribution in [1.82, 2.24) is 15.5 Å². The number of aryl methyl sites for hydroxylation is 1. The van der Waals surface area contributed by atoms with E-state index >= 15 is 0 Å². The van der Waals surface area contributed by atoms with Crippen molar-refractivity contribution < 1.29 is 4.52 Å². The average molecular weight is 209 g/mol. The van der Waals surface area contributed by atoms with Gasteiger partial charge in [-0.1, -0.05) is 12.1 Å². The molecule has 15 heavy (non-hydrogen) atoms. The van der Waals surface area contributed by atoms with E-state index in [2.05, 4.69) is 22.4 Å². The molecule has 4 nitrogen and oxygen atoms in total. The molecule has 1 aromatic heterocycles. The van der Waals surface area contributed by atoms with Crippen LogP contribution in [0, 0.1) is 5.92 Å². The molecule has 0 aromatic carbocycles. The van der Waals surface area contributed by atoms with Gasteiger partial charge in [0.1, 0.15) is 0 Å². The minimum Gasteiger partial charge on any atom is -0.339 e. The molecule has 0 bridgehead atoms. The second-order valence-corrected chi connectivity index (χ2v) is 4.25. The van der Waals surface area contributed by atoms with Crippen LogP contribution in [0.3, 0.4) is 0 Å². The van der Waals surface area contributed by atoms with Crippen LogP contribution in [0.25, 0.3) is 0 Å². The van der Waals surface area contributed by atoms with Gasteiger partial charge in [-0.3, -0.25) is 0 Å². The Morgan fingerprint density at radius 2 is 2.20 bits per heavy atom. The standard InChI is InChI=1S/C11H19N3O/c1-2-3-10-13-11(15-14-10)8-9-4-6-12-7-5-9/h9,12H,2-8H2,1H3. The summed E-state index contributed by atoms with van der Waals surface area (Å²) in [6.45, 7) is 4.38. The molecule has 1 fully saturated rings. The zero-order chi connectivity index (χ0) is 10.5. The summed E-state index contributed by atoms with van der Waals surface area (Å²) in [7, 11) is 0. The molecule has 0 radical (unpaired) electrons. The first-order valence-corrected chi connectivity index (χ1v) is 5.90. The highest BCUT2D eigenvalue weighted by atomic mass is 16.5. The van der Waals surface area contributed by atoms with E-state index < -0.39 is 0 Å². The molecule has 0 spiro atoms. The highest BCUT2D eigenvalue weighted by Crippen LogP contribution is 2.16. The Morgan fingerprint density at radius 3 is 2.93 bits per heavy atom. The van der Waals surface area contributed by atoms with Crippen LogP contribution in [-0.4, -0.2) is 23.2 Å². The fraction of sp³-hybridized carbons (Fsp3) is 0.818. The van der Waals surface area contributed by atoms with Gasteiger partial charge < -0.3 is 9.84 Å². The summed E-state index contributed by atoms with van der Waals surface area (Å²) < 4.78 is 5.24. The lowest BCUT2D eigenvalue weighted by Gasteiger charge is -2.20. The summed E-state index contributed by atoms with van der Waals surface area (Å²) in [6.07, 6.45) is 5.41. The lowest BCUT2D eigenvalue weighted by molar-refractivity contribution is 0.312. The lowest BCUT2D eigenvalue weighted by atomic mass is 9.95. The molecule has 1 N–H and O–H groups in total. The van der Waals surface area contributed by atoms with Crippen LogP contribution < -0.4 is 5.32 Å². The van der Waals surface area contributed by atoms with Gasteiger partial charge in [0.15, 0.2) is 5.82 Å². The Labute approximate surface area is 90.4 Å². The summed E-state index contributed by atoms with van der Waals surface area (Å²) in [5.41, 5.74) is 0. The Hall–Kier alpha value is -0.900. The van der Waals surface area contributed by atoms with Crippen LogP contribution in [0.2, 0.25) is 0 Å². The molecule has 1 saturated heterocycles. The maximum Gasteiger partial charge on any atom is 0.226 e. The minimum atomic E-state index is 0.723. The molecule has 0 amide bonds. The highest BCUT2D eigenvalue weighted by Gasteiger charge is 2.16. The Morgan fingerprint density at radius 1 is 1.40 bits per heavy atom. The van der Waals surface area contributed by atoms with Crippen LogP contribution in [0.15, 0.2) is 4.52 Å². The Balaban J connectivity index is 1.86. The van der Waals surface area contributed by atoms with Gasteiger partial charge in [0.25, 0.3) is 0 Å². The van der Waals surface area contributed by atoms with E-state index in [1.165, 1.54) is 12.8 Å². The van der Waals surface area contributed by atoms with Crippen LogP contribution in [0.5, 0.6) is 0 Å². The minimum absolute atomic E-state index is 0.723. The summed E-state index contributed by atoms with van der Waals surface area (Å²) in [5, 5.41) is 7.33. The van der Waals surface area contributed by atoms with Crippen LogP contribution in [0.4, 0.5) is 0 Å². The van der Waals surface area contributed by atoms with Gasteiger partial charge in [0.2, 0.25) is 5.89 Å². The van der Waals surface area contributed by atoms with E-state index in [-0.39, 0.29) is 0 Å². The third-order valence-corrected chi connectivity index (χ3v) is 2.91. The first-order valence-electron chi connectivity index (χ1n) is 5.90. The van der Waals surface area contributed by atoms with E-state index in [0.717, 1.165) is 50.0 Å². The zero-order valence-electron chi connectivity index (χ0n) is 9.33. The lowest BCUT2D eigenvalue weighted by Crippen LogP contribution is -2.28. The van der Waals surface area contributed by atoms with Crippen molar-refractivity contribution in [3.63, 3.8) is 0 Å². The number of piperidine rings is 1. The van der Waals surface area contributed by atoms with Gasteiger partial charge in [-0.2, -0.15) is 4.98 Å². The number of nitrogens with zero attached hydrogens (tertiary/aromatic N) is 2. The van der Waals surface area contributed by atoms with Gasteiger partial charge in [-0.05, 0) is 38.3 Å². The van der Waals surface area contributed by atoms with Gasteiger partial charge in [-0.15, -0.1) is 0 Å². The average Bonchev–Trinajstić information content (AvgIpc) is 2.68. The molecular formula is C11H19N3O. The molecule has 1 aliphatic heterocycles. The van der Waals surface area contributed by atoms with Crippen molar-refractivity contribution in [2.75, 3.05) is 13.1 Å². The monoisotopic (exact) mass is 209 g/mol. The molecule has 4 heteroatoms. The van der Waals surface area contributed by atoms with Crippen LogP contribution in [0.1, 0.15) is 37.9 Å². The quantitative estimate of drug-likeness (QED) is 0.817. The summed E-state index contributed by atoms with van der Waals surface area (Å²) in [4.78, 5) is 4.40.